The first-order valence-corrected chi connectivity index (χ1v) is 8.37. The van der Waals surface area contributed by atoms with Gasteiger partial charge in [0.2, 0.25) is 5.89 Å². The first kappa shape index (κ1) is 17.6. The van der Waals surface area contributed by atoms with Crippen LogP contribution in [0.25, 0.3) is 17.5 Å². The lowest BCUT2D eigenvalue weighted by atomic mass is 10.1. The van der Waals surface area contributed by atoms with E-state index in [1.165, 1.54) is 6.08 Å². The highest BCUT2D eigenvalue weighted by Gasteiger charge is 2.18. The van der Waals surface area contributed by atoms with E-state index in [1.807, 2.05) is 62.4 Å². The van der Waals surface area contributed by atoms with Crippen molar-refractivity contribution in [3.05, 3.63) is 77.2 Å². The van der Waals surface area contributed by atoms with Crippen LogP contribution in [0.2, 0.25) is 0 Å². The fraction of sp³-hybridized carbons (Fsp3) is 0.190. The number of aryl methyl sites for hydroxylation is 2. The number of benzene rings is 2. The number of ether oxygens (including phenoxy) is 1. The number of carbonyl (C=O) groups excluding carboxylic acids is 1. The Morgan fingerprint density at radius 3 is 2.58 bits per heavy atom. The molecule has 0 saturated heterocycles. The molecule has 0 spiro atoms. The fourth-order valence-electron chi connectivity index (χ4n) is 2.41. The van der Waals surface area contributed by atoms with Crippen LogP contribution in [0.15, 0.2) is 59.0 Å². The lowest BCUT2D eigenvalue weighted by Gasteiger charge is -2.06. The second-order valence-corrected chi connectivity index (χ2v) is 6.14. The Morgan fingerprint density at radius 1 is 1.08 bits per heavy atom. The van der Waals surface area contributed by atoms with Crippen molar-refractivity contribution < 1.29 is 13.9 Å². The quantitative estimate of drug-likeness (QED) is 0.495. The van der Waals surface area contributed by atoms with Gasteiger partial charge in [-0.25, -0.2) is 4.79 Å². The van der Waals surface area contributed by atoms with Crippen LogP contribution in [0, 0.1) is 13.8 Å². The zero-order chi connectivity index (χ0) is 18.5. The molecule has 26 heavy (non-hydrogen) atoms. The molecule has 5 heteroatoms. The molecule has 1 atom stereocenters. The number of hydrogen-bond donors (Lipinski definition) is 0. The second-order valence-electron chi connectivity index (χ2n) is 6.14. The normalized spacial score (nSPS) is 12.3. The molecular formula is C21H20N2O3. The molecule has 1 aromatic heterocycles. The molecule has 0 N–H and O–H groups in total. The largest absolute Gasteiger partial charge is 0.449 e. The third kappa shape index (κ3) is 4.45. The van der Waals surface area contributed by atoms with E-state index in [1.54, 1.807) is 13.0 Å². The molecule has 0 unspecified atom stereocenters. The Morgan fingerprint density at radius 2 is 1.85 bits per heavy atom. The average molecular weight is 348 g/mol. The van der Waals surface area contributed by atoms with Crippen molar-refractivity contribution in [1.82, 2.24) is 10.2 Å². The molecule has 0 radical (unpaired) electrons. The summed E-state index contributed by atoms with van der Waals surface area (Å²) in [6.45, 7) is 5.71. The first-order valence-electron chi connectivity index (χ1n) is 8.37. The van der Waals surface area contributed by atoms with Gasteiger partial charge in [0.05, 0.1) is 0 Å². The van der Waals surface area contributed by atoms with Crippen LogP contribution in [0.4, 0.5) is 0 Å². The summed E-state index contributed by atoms with van der Waals surface area (Å²) in [6, 6.07) is 15.6. The van der Waals surface area contributed by atoms with Crippen LogP contribution >= 0.6 is 0 Å². The molecule has 132 valence electrons. The molecule has 2 aromatic carbocycles. The number of nitrogens with zero attached hydrogens (tertiary/aromatic N) is 2. The molecule has 5 nitrogen and oxygen atoms in total. The summed E-state index contributed by atoms with van der Waals surface area (Å²) in [6.07, 6.45) is 2.48. The minimum Gasteiger partial charge on any atom is -0.449 e. The molecule has 0 fully saturated rings. The lowest BCUT2D eigenvalue weighted by Crippen LogP contribution is -2.06. The van der Waals surface area contributed by atoms with Gasteiger partial charge in [0.25, 0.3) is 5.89 Å². The van der Waals surface area contributed by atoms with Gasteiger partial charge in [-0.15, -0.1) is 10.2 Å². The van der Waals surface area contributed by atoms with Crippen molar-refractivity contribution in [2.24, 2.45) is 0 Å². The van der Waals surface area contributed by atoms with Crippen LogP contribution in [0.3, 0.4) is 0 Å². The number of rotatable bonds is 5. The zero-order valence-corrected chi connectivity index (χ0v) is 15.0. The summed E-state index contributed by atoms with van der Waals surface area (Å²) in [5.41, 5.74) is 4.04. The smallest absolute Gasteiger partial charge is 0.331 e. The molecule has 0 bridgehead atoms. The summed E-state index contributed by atoms with van der Waals surface area (Å²) in [4.78, 5) is 12.0. The van der Waals surface area contributed by atoms with Gasteiger partial charge in [0.15, 0.2) is 6.10 Å². The predicted octanol–water partition coefficient (Wildman–Crippen LogP) is 4.67. The van der Waals surface area contributed by atoms with E-state index < -0.39 is 12.1 Å². The summed E-state index contributed by atoms with van der Waals surface area (Å²) >= 11 is 0. The molecular weight excluding hydrogens is 328 g/mol. The van der Waals surface area contributed by atoms with Gasteiger partial charge in [0.1, 0.15) is 0 Å². The van der Waals surface area contributed by atoms with Gasteiger partial charge in [-0.2, -0.15) is 0 Å². The number of aromatic nitrogens is 2. The molecule has 0 saturated carbocycles. The van der Waals surface area contributed by atoms with Crippen LogP contribution in [0.5, 0.6) is 0 Å². The van der Waals surface area contributed by atoms with Gasteiger partial charge in [0, 0.05) is 11.6 Å². The monoisotopic (exact) mass is 348 g/mol. The molecule has 0 aliphatic heterocycles. The Bertz CT molecular complexity index is 926. The highest BCUT2D eigenvalue weighted by molar-refractivity contribution is 5.87. The highest BCUT2D eigenvalue weighted by Crippen LogP contribution is 2.22. The van der Waals surface area contributed by atoms with Crippen molar-refractivity contribution in [2.45, 2.75) is 26.9 Å². The Hall–Kier alpha value is -3.21. The summed E-state index contributed by atoms with van der Waals surface area (Å²) in [5, 5.41) is 8.00. The van der Waals surface area contributed by atoms with E-state index in [4.69, 9.17) is 9.15 Å². The van der Waals surface area contributed by atoms with Gasteiger partial charge in [-0.1, -0.05) is 47.5 Å². The molecule has 1 heterocycles. The fourth-order valence-corrected chi connectivity index (χ4v) is 2.41. The molecule has 3 rings (SSSR count). The minimum atomic E-state index is -0.628. The van der Waals surface area contributed by atoms with Gasteiger partial charge < -0.3 is 9.15 Å². The van der Waals surface area contributed by atoms with Crippen LogP contribution < -0.4 is 0 Å². The van der Waals surface area contributed by atoms with E-state index >= 15 is 0 Å². The maximum atomic E-state index is 12.0. The maximum Gasteiger partial charge on any atom is 0.331 e. The summed E-state index contributed by atoms with van der Waals surface area (Å²) in [5.74, 6) is 0.199. The molecule has 0 amide bonds. The topological polar surface area (TPSA) is 65.2 Å². The standard InChI is InChI=1S/C21H20N2O3/c1-14-7-10-18(11-8-14)21-23-22-20(26-21)16(3)25-19(24)12-9-17-6-4-5-15(2)13-17/h4-13,16H,1-3H3/b12-9+/t16-/m0/s1. The SMILES string of the molecule is Cc1ccc(-c2nnc([C@H](C)OC(=O)/C=C/c3cccc(C)c3)o2)cc1. The van der Waals surface area contributed by atoms with Crippen molar-refractivity contribution >= 4 is 12.0 Å². The van der Waals surface area contributed by atoms with E-state index in [-0.39, 0.29) is 5.89 Å². The van der Waals surface area contributed by atoms with Crippen molar-refractivity contribution in [1.29, 1.82) is 0 Å². The number of carbonyl (C=O) groups is 1. The van der Waals surface area contributed by atoms with Crippen LogP contribution in [0.1, 0.15) is 35.6 Å². The Labute approximate surface area is 152 Å². The highest BCUT2D eigenvalue weighted by atomic mass is 16.6. The van der Waals surface area contributed by atoms with Crippen LogP contribution in [-0.2, 0) is 9.53 Å². The van der Waals surface area contributed by atoms with Gasteiger partial charge in [-0.05, 0) is 44.5 Å². The third-order valence-electron chi connectivity index (χ3n) is 3.83. The number of esters is 1. The Balaban J connectivity index is 1.63. The molecule has 0 aliphatic carbocycles. The maximum absolute atomic E-state index is 12.0. The predicted molar refractivity (Wildman–Crippen MR) is 99.2 cm³/mol. The summed E-state index contributed by atoms with van der Waals surface area (Å²) in [7, 11) is 0. The van der Waals surface area contributed by atoms with Crippen molar-refractivity contribution in [2.75, 3.05) is 0 Å². The number of hydrogen-bond acceptors (Lipinski definition) is 5. The minimum absolute atomic E-state index is 0.262. The van der Waals surface area contributed by atoms with Crippen molar-refractivity contribution in [3.63, 3.8) is 0 Å². The van der Waals surface area contributed by atoms with E-state index in [2.05, 4.69) is 10.2 Å². The van der Waals surface area contributed by atoms with Gasteiger partial charge >= 0.3 is 5.97 Å². The average Bonchev–Trinajstić information content (AvgIpc) is 3.11. The third-order valence-corrected chi connectivity index (χ3v) is 3.83. The molecule has 3 aromatic rings. The molecule has 0 aliphatic rings. The lowest BCUT2D eigenvalue weighted by molar-refractivity contribution is -0.143. The van der Waals surface area contributed by atoms with E-state index in [9.17, 15) is 4.79 Å². The van der Waals surface area contributed by atoms with E-state index in [0.29, 0.717) is 5.89 Å². The first-order chi connectivity index (χ1) is 12.5. The Kier molecular flexibility index (Phi) is 5.27. The van der Waals surface area contributed by atoms with Crippen LogP contribution in [-0.4, -0.2) is 16.2 Å². The van der Waals surface area contributed by atoms with Crippen molar-refractivity contribution in [3.8, 4) is 11.5 Å². The van der Waals surface area contributed by atoms with Gasteiger partial charge in [-0.3, -0.25) is 0 Å². The second kappa shape index (κ2) is 7.78. The van der Waals surface area contributed by atoms with E-state index in [0.717, 1.165) is 22.3 Å². The summed E-state index contributed by atoms with van der Waals surface area (Å²) < 4.78 is 11.0. The zero-order valence-electron chi connectivity index (χ0n) is 15.0.